The average molecular weight is 431 g/mol. The van der Waals surface area contributed by atoms with Gasteiger partial charge in [0.25, 0.3) is 0 Å². The molecular formula is C17H23ClN4O5S. The number of hydrogen-bond donors (Lipinski definition) is 2. The number of carbonyl (C=O) groups excluding carboxylic acids is 1. The van der Waals surface area contributed by atoms with Crippen LogP contribution in [-0.2, 0) is 27.7 Å². The zero-order valence-corrected chi connectivity index (χ0v) is 17.6. The van der Waals surface area contributed by atoms with Crippen LogP contribution in [0.25, 0.3) is 0 Å². The highest BCUT2D eigenvalue weighted by Crippen LogP contribution is 2.20. The molecule has 1 aromatic carbocycles. The third-order valence-electron chi connectivity index (χ3n) is 3.31. The highest BCUT2D eigenvalue weighted by Gasteiger charge is 2.25. The molecule has 9 nitrogen and oxygen atoms in total. The van der Waals surface area contributed by atoms with Gasteiger partial charge in [0.1, 0.15) is 11.6 Å². The molecule has 0 saturated carbocycles. The Balaban J connectivity index is 2.18. The predicted molar refractivity (Wildman–Crippen MR) is 103 cm³/mol. The quantitative estimate of drug-likeness (QED) is 0.691. The summed E-state index contributed by atoms with van der Waals surface area (Å²) in [4.78, 5) is 12.2. The van der Waals surface area contributed by atoms with Gasteiger partial charge in [-0.2, -0.15) is 0 Å². The summed E-state index contributed by atoms with van der Waals surface area (Å²) < 4.78 is 35.5. The number of ether oxygens (including phenoxy) is 1. The van der Waals surface area contributed by atoms with Gasteiger partial charge in [0.05, 0.1) is 12.8 Å². The standard InChI is InChI=1S/C17H23ClN4O5S/c1-17(2,3)27-16(23)20-13(9-11-5-7-12(18)8-6-11)15-22-21-14(26-15)10-19-28(4,24)25/h5-8,13,19H,9-10H2,1-4H3,(H,20,23)/t13-/m0/s1. The molecule has 154 valence electrons. The monoisotopic (exact) mass is 430 g/mol. The molecule has 2 N–H and O–H groups in total. The van der Waals surface area contributed by atoms with Crippen molar-refractivity contribution in [3.63, 3.8) is 0 Å². The van der Waals surface area contributed by atoms with Crippen LogP contribution in [0.3, 0.4) is 0 Å². The van der Waals surface area contributed by atoms with Crippen LogP contribution in [0, 0.1) is 0 Å². The largest absolute Gasteiger partial charge is 0.444 e. The molecule has 0 aliphatic carbocycles. The van der Waals surface area contributed by atoms with Crippen molar-refractivity contribution >= 4 is 27.7 Å². The number of sulfonamides is 1. The molecule has 11 heteroatoms. The Kier molecular flexibility index (Phi) is 7.02. The van der Waals surface area contributed by atoms with E-state index < -0.39 is 27.8 Å². The average Bonchev–Trinajstić information content (AvgIpc) is 3.01. The van der Waals surface area contributed by atoms with Crippen molar-refractivity contribution in [3.05, 3.63) is 46.6 Å². The second-order valence-corrected chi connectivity index (χ2v) is 9.43. The molecule has 0 radical (unpaired) electrons. The number of hydrogen-bond acceptors (Lipinski definition) is 7. The summed E-state index contributed by atoms with van der Waals surface area (Å²) in [6.07, 6.45) is 0.732. The first-order chi connectivity index (χ1) is 12.9. The maximum atomic E-state index is 12.2. The molecule has 0 aliphatic heterocycles. The van der Waals surface area contributed by atoms with Crippen LogP contribution < -0.4 is 10.0 Å². The second-order valence-electron chi connectivity index (χ2n) is 7.16. The molecule has 1 atom stereocenters. The fourth-order valence-electron chi connectivity index (χ4n) is 2.18. The number of alkyl carbamates (subject to hydrolysis) is 1. The topological polar surface area (TPSA) is 123 Å². The van der Waals surface area contributed by atoms with Gasteiger partial charge in [-0.15, -0.1) is 10.2 Å². The van der Waals surface area contributed by atoms with Crippen molar-refractivity contribution in [3.8, 4) is 0 Å². The summed E-state index contributed by atoms with van der Waals surface area (Å²) >= 11 is 5.91. The normalized spacial score (nSPS) is 13.2. The number of halogens is 1. The van der Waals surface area contributed by atoms with Crippen molar-refractivity contribution < 1.29 is 22.4 Å². The third kappa shape index (κ3) is 7.83. The highest BCUT2D eigenvalue weighted by molar-refractivity contribution is 7.88. The van der Waals surface area contributed by atoms with E-state index in [4.69, 9.17) is 20.8 Å². The Labute approximate surface area is 168 Å². The Bertz CT molecular complexity index is 906. The third-order valence-corrected chi connectivity index (χ3v) is 4.23. The molecular weight excluding hydrogens is 408 g/mol. The van der Waals surface area contributed by atoms with Crippen molar-refractivity contribution in [1.29, 1.82) is 0 Å². The molecule has 1 amide bonds. The number of rotatable bonds is 7. The minimum atomic E-state index is -3.41. The predicted octanol–water partition coefficient (Wildman–Crippen LogP) is 2.58. The van der Waals surface area contributed by atoms with E-state index in [-0.39, 0.29) is 18.3 Å². The first-order valence-electron chi connectivity index (χ1n) is 8.42. The Morgan fingerprint density at radius 3 is 2.46 bits per heavy atom. The van der Waals surface area contributed by atoms with Crippen LogP contribution in [0.4, 0.5) is 4.79 Å². The fourth-order valence-corrected chi connectivity index (χ4v) is 2.69. The number of nitrogens with zero attached hydrogens (tertiary/aromatic N) is 2. The minimum Gasteiger partial charge on any atom is -0.444 e. The van der Waals surface area contributed by atoms with E-state index in [1.165, 1.54) is 0 Å². The zero-order valence-electron chi connectivity index (χ0n) is 16.0. The molecule has 0 spiro atoms. The van der Waals surface area contributed by atoms with Gasteiger partial charge in [-0.25, -0.2) is 17.9 Å². The Morgan fingerprint density at radius 1 is 1.25 bits per heavy atom. The summed E-state index contributed by atoms with van der Waals surface area (Å²) in [5.74, 6) is 0.207. The highest BCUT2D eigenvalue weighted by atomic mass is 35.5. The summed E-state index contributed by atoms with van der Waals surface area (Å²) in [5, 5.41) is 11.1. The van der Waals surface area contributed by atoms with Crippen LogP contribution >= 0.6 is 11.6 Å². The molecule has 0 aliphatic rings. The molecule has 1 heterocycles. The molecule has 2 aromatic rings. The van der Waals surface area contributed by atoms with Gasteiger partial charge in [-0.1, -0.05) is 23.7 Å². The van der Waals surface area contributed by atoms with E-state index in [1.54, 1.807) is 32.9 Å². The summed E-state index contributed by atoms with van der Waals surface area (Å²) in [7, 11) is -3.41. The van der Waals surface area contributed by atoms with E-state index >= 15 is 0 Å². The van der Waals surface area contributed by atoms with Crippen LogP contribution in [0.5, 0.6) is 0 Å². The van der Waals surface area contributed by atoms with Gasteiger partial charge in [-0.3, -0.25) is 0 Å². The van der Waals surface area contributed by atoms with E-state index in [1.807, 2.05) is 12.1 Å². The van der Waals surface area contributed by atoms with E-state index in [2.05, 4.69) is 20.2 Å². The van der Waals surface area contributed by atoms with E-state index in [0.29, 0.717) is 11.4 Å². The molecule has 0 bridgehead atoms. The van der Waals surface area contributed by atoms with Crippen molar-refractivity contribution in [2.24, 2.45) is 0 Å². The molecule has 0 unspecified atom stereocenters. The van der Waals surface area contributed by atoms with Crippen molar-refractivity contribution in [2.75, 3.05) is 6.26 Å². The number of carbonyl (C=O) groups is 1. The molecule has 0 fully saturated rings. The van der Waals surface area contributed by atoms with Gasteiger partial charge >= 0.3 is 6.09 Å². The molecule has 0 saturated heterocycles. The summed E-state index contributed by atoms with van der Waals surface area (Å²) in [6.45, 7) is 5.11. The van der Waals surface area contributed by atoms with Gasteiger partial charge < -0.3 is 14.5 Å². The van der Waals surface area contributed by atoms with Crippen LogP contribution in [0.1, 0.15) is 44.2 Å². The number of amides is 1. The Hall–Kier alpha value is -2.17. The molecule has 28 heavy (non-hydrogen) atoms. The maximum absolute atomic E-state index is 12.2. The molecule has 2 rings (SSSR count). The minimum absolute atomic E-state index is 0.0764. The van der Waals surface area contributed by atoms with E-state index in [0.717, 1.165) is 11.8 Å². The summed E-state index contributed by atoms with van der Waals surface area (Å²) in [6, 6.07) is 6.42. The number of nitrogens with one attached hydrogen (secondary N) is 2. The van der Waals surface area contributed by atoms with Gasteiger partial charge in [-0.05, 0) is 38.5 Å². The van der Waals surface area contributed by atoms with Crippen LogP contribution in [-0.4, -0.2) is 36.6 Å². The first-order valence-corrected chi connectivity index (χ1v) is 10.7. The molecule has 1 aromatic heterocycles. The fraction of sp³-hybridized carbons (Fsp3) is 0.471. The van der Waals surface area contributed by atoms with Crippen LogP contribution in [0.15, 0.2) is 28.7 Å². The lowest BCUT2D eigenvalue weighted by molar-refractivity contribution is 0.0495. The van der Waals surface area contributed by atoms with Crippen molar-refractivity contribution in [2.45, 2.75) is 45.4 Å². The number of aromatic nitrogens is 2. The number of benzene rings is 1. The first kappa shape index (κ1) is 22.1. The van der Waals surface area contributed by atoms with E-state index in [9.17, 15) is 13.2 Å². The Morgan fingerprint density at radius 2 is 1.89 bits per heavy atom. The van der Waals surface area contributed by atoms with Crippen molar-refractivity contribution in [1.82, 2.24) is 20.2 Å². The van der Waals surface area contributed by atoms with Gasteiger partial charge in [0, 0.05) is 11.4 Å². The smallest absolute Gasteiger partial charge is 0.408 e. The van der Waals surface area contributed by atoms with Crippen LogP contribution in [0.2, 0.25) is 5.02 Å². The lowest BCUT2D eigenvalue weighted by Gasteiger charge is -2.22. The SMILES string of the molecule is CC(C)(C)OC(=O)N[C@@H](Cc1ccc(Cl)cc1)c1nnc(CNS(C)(=O)=O)o1. The van der Waals surface area contributed by atoms with Gasteiger partial charge in [0.15, 0.2) is 0 Å². The van der Waals surface area contributed by atoms with Gasteiger partial charge in [0.2, 0.25) is 21.8 Å². The zero-order chi connectivity index (χ0) is 20.9. The lowest BCUT2D eigenvalue weighted by Crippen LogP contribution is -2.36. The maximum Gasteiger partial charge on any atom is 0.408 e. The lowest BCUT2D eigenvalue weighted by atomic mass is 10.1. The summed E-state index contributed by atoms with van der Waals surface area (Å²) in [5.41, 5.74) is 0.202. The second kappa shape index (κ2) is 8.89.